The van der Waals surface area contributed by atoms with E-state index >= 15 is 0 Å². The van der Waals surface area contributed by atoms with Crippen molar-refractivity contribution in [1.29, 1.82) is 0 Å². The van der Waals surface area contributed by atoms with Gasteiger partial charge in [0.2, 0.25) is 0 Å². The Hall–Kier alpha value is -2.00. The molecule has 0 spiro atoms. The summed E-state index contributed by atoms with van der Waals surface area (Å²) in [5.41, 5.74) is 9.37. The summed E-state index contributed by atoms with van der Waals surface area (Å²) in [6.07, 6.45) is 1.98. The summed E-state index contributed by atoms with van der Waals surface area (Å²) in [4.78, 5) is 11.6. The fourth-order valence-electron chi connectivity index (χ4n) is 3.15. The van der Waals surface area contributed by atoms with Gasteiger partial charge in [-0.25, -0.2) is 0 Å². The molecule has 2 aromatic rings. The van der Waals surface area contributed by atoms with Crippen LogP contribution < -0.4 is 10.5 Å². The average molecular weight is 302 g/mol. The molecule has 21 heavy (non-hydrogen) atoms. The third kappa shape index (κ3) is 2.38. The monoisotopic (exact) mass is 301 g/mol. The molecule has 4 heteroatoms. The van der Waals surface area contributed by atoms with Crippen molar-refractivity contribution in [3.63, 3.8) is 0 Å². The zero-order valence-corrected chi connectivity index (χ0v) is 12.5. The second-order valence-corrected chi connectivity index (χ2v) is 5.66. The number of carbonyl (C=O) groups excluding carboxylic acids is 1. The maximum Gasteiger partial charge on any atom is 0.252 e. The van der Waals surface area contributed by atoms with Gasteiger partial charge in [0.15, 0.2) is 0 Å². The van der Waals surface area contributed by atoms with Gasteiger partial charge in [-0.05, 0) is 42.2 Å². The summed E-state index contributed by atoms with van der Waals surface area (Å²) in [5, 5.41) is 0.727. The highest BCUT2D eigenvalue weighted by molar-refractivity contribution is 6.30. The van der Waals surface area contributed by atoms with E-state index in [1.54, 1.807) is 13.2 Å². The molecule has 1 atom stereocenters. The number of fused-ring (bicyclic) bond motifs is 1. The number of ether oxygens (including phenoxy) is 1. The molecule has 0 unspecified atom stereocenters. The highest BCUT2D eigenvalue weighted by Gasteiger charge is 2.28. The summed E-state index contributed by atoms with van der Waals surface area (Å²) in [5.74, 6) is 0.286. The first-order valence-electron chi connectivity index (χ1n) is 6.87. The Balaban J connectivity index is 2.13. The molecule has 0 aliphatic heterocycles. The molecule has 0 heterocycles. The number of nitrogens with two attached hydrogens (primary N) is 1. The first kappa shape index (κ1) is 14.0. The van der Waals surface area contributed by atoms with E-state index in [0.717, 1.165) is 23.4 Å². The van der Waals surface area contributed by atoms with Crippen molar-refractivity contribution >= 4 is 17.5 Å². The van der Waals surface area contributed by atoms with E-state index in [1.807, 2.05) is 24.3 Å². The number of amides is 1. The summed E-state index contributed by atoms with van der Waals surface area (Å²) in [6.45, 7) is 0. The van der Waals surface area contributed by atoms with Gasteiger partial charge in [0.25, 0.3) is 5.91 Å². The van der Waals surface area contributed by atoms with Crippen molar-refractivity contribution < 1.29 is 9.53 Å². The van der Waals surface area contributed by atoms with Crippen LogP contribution in [0.1, 0.15) is 39.4 Å². The number of rotatable bonds is 3. The second kappa shape index (κ2) is 5.41. The molecule has 2 aromatic carbocycles. The van der Waals surface area contributed by atoms with Gasteiger partial charge < -0.3 is 10.5 Å². The van der Waals surface area contributed by atoms with Crippen LogP contribution in [0, 0.1) is 0 Å². The lowest BCUT2D eigenvalue weighted by Gasteiger charge is -2.18. The van der Waals surface area contributed by atoms with Crippen LogP contribution in [0.2, 0.25) is 5.02 Å². The third-order valence-electron chi connectivity index (χ3n) is 4.08. The molecular weight excluding hydrogens is 286 g/mol. The normalized spacial score (nSPS) is 16.6. The number of aryl methyl sites for hydroxylation is 1. The van der Waals surface area contributed by atoms with Crippen molar-refractivity contribution in [2.24, 2.45) is 5.73 Å². The molecule has 0 saturated heterocycles. The maximum atomic E-state index is 11.6. The molecule has 3 nitrogen and oxygen atoms in total. The standard InChI is InChI=1S/C17H16ClNO2/c1-21-16-13(3-2-4-14(16)17(19)20)12-8-6-10-5-7-11(18)9-15(10)12/h2-5,7,9,12H,6,8H2,1H3,(H2,19,20)/t12-/m0/s1. The van der Waals surface area contributed by atoms with Gasteiger partial charge in [0.1, 0.15) is 5.75 Å². The van der Waals surface area contributed by atoms with E-state index in [-0.39, 0.29) is 5.92 Å². The third-order valence-corrected chi connectivity index (χ3v) is 4.31. The SMILES string of the molecule is COc1c(C(N)=O)cccc1[C@@H]1CCc2ccc(Cl)cc21. The lowest BCUT2D eigenvalue weighted by molar-refractivity contribution is 0.0997. The van der Waals surface area contributed by atoms with E-state index < -0.39 is 5.91 Å². The first-order valence-corrected chi connectivity index (χ1v) is 7.24. The minimum absolute atomic E-state index is 0.188. The summed E-state index contributed by atoms with van der Waals surface area (Å²) >= 11 is 6.13. The van der Waals surface area contributed by atoms with Crippen LogP contribution in [0.3, 0.4) is 0 Å². The number of methoxy groups -OCH3 is 1. The van der Waals surface area contributed by atoms with E-state index in [2.05, 4.69) is 6.07 Å². The first-order chi connectivity index (χ1) is 10.1. The van der Waals surface area contributed by atoms with Gasteiger partial charge in [-0.15, -0.1) is 0 Å². The van der Waals surface area contributed by atoms with Crippen LogP contribution in [-0.4, -0.2) is 13.0 Å². The predicted octanol–water partition coefficient (Wildman–Crippen LogP) is 3.53. The van der Waals surface area contributed by atoms with Crippen LogP contribution in [0.25, 0.3) is 0 Å². The van der Waals surface area contributed by atoms with E-state index in [4.69, 9.17) is 22.1 Å². The largest absolute Gasteiger partial charge is 0.496 e. The second-order valence-electron chi connectivity index (χ2n) is 5.23. The maximum absolute atomic E-state index is 11.6. The molecule has 1 aliphatic rings. The fraction of sp³-hybridized carbons (Fsp3) is 0.235. The lowest BCUT2D eigenvalue weighted by Crippen LogP contribution is -2.14. The lowest BCUT2D eigenvalue weighted by atomic mass is 9.90. The molecule has 1 aliphatic carbocycles. The van der Waals surface area contributed by atoms with Crippen LogP contribution in [0.15, 0.2) is 36.4 Å². The van der Waals surface area contributed by atoms with Crippen LogP contribution in [0.5, 0.6) is 5.75 Å². The van der Waals surface area contributed by atoms with Crippen molar-refractivity contribution in [3.8, 4) is 5.75 Å². The predicted molar refractivity (Wildman–Crippen MR) is 83.1 cm³/mol. The van der Waals surface area contributed by atoms with E-state index in [9.17, 15) is 4.79 Å². The number of halogens is 1. The van der Waals surface area contributed by atoms with Crippen molar-refractivity contribution in [2.75, 3.05) is 7.11 Å². The van der Waals surface area contributed by atoms with Gasteiger partial charge >= 0.3 is 0 Å². The molecule has 0 radical (unpaired) electrons. The quantitative estimate of drug-likeness (QED) is 0.943. The molecular formula is C17H16ClNO2. The van der Waals surface area contributed by atoms with Crippen LogP contribution >= 0.6 is 11.6 Å². The highest BCUT2D eigenvalue weighted by Crippen LogP contribution is 2.43. The smallest absolute Gasteiger partial charge is 0.252 e. The minimum atomic E-state index is -0.474. The van der Waals surface area contributed by atoms with Crippen LogP contribution in [-0.2, 0) is 6.42 Å². The number of primary amides is 1. The van der Waals surface area contributed by atoms with E-state index in [0.29, 0.717) is 11.3 Å². The van der Waals surface area contributed by atoms with Crippen LogP contribution in [0.4, 0.5) is 0 Å². The molecule has 2 N–H and O–H groups in total. The molecule has 3 rings (SSSR count). The van der Waals surface area contributed by atoms with Gasteiger partial charge in [0.05, 0.1) is 12.7 Å². The molecule has 0 fully saturated rings. The number of hydrogen-bond donors (Lipinski definition) is 1. The Morgan fingerprint density at radius 1 is 1.29 bits per heavy atom. The average Bonchev–Trinajstić information content (AvgIpc) is 2.89. The van der Waals surface area contributed by atoms with Gasteiger partial charge in [-0.1, -0.05) is 29.8 Å². The zero-order chi connectivity index (χ0) is 15.0. The molecule has 0 bridgehead atoms. The topological polar surface area (TPSA) is 52.3 Å². The Morgan fingerprint density at radius 3 is 2.81 bits per heavy atom. The molecule has 0 aromatic heterocycles. The number of hydrogen-bond acceptors (Lipinski definition) is 2. The van der Waals surface area contributed by atoms with Gasteiger partial charge in [-0.3, -0.25) is 4.79 Å². The molecule has 108 valence electrons. The van der Waals surface area contributed by atoms with Crippen molar-refractivity contribution in [3.05, 3.63) is 63.7 Å². The highest BCUT2D eigenvalue weighted by atomic mass is 35.5. The molecule has 1 amide bonds. The van der Waals surface area contributed by atoms with Crippen molar-refractivity contribution in [2.45, 2.75) is 18.8 Å². The van der Waals surface area contributed by atoms with Gasteiger partial charge in [0, 0.05) is 16.5 Å². The Bertz CT molecular complexity index is 712. The van der Waals surface area contributed by atoms with Gasteiger partial charge in [-0.2, -0.15) is 0 Å². The Kier molecular flexibility index (Phi) is 3.60. The summed E-state index contributed by atoms with van der Waals surface area (Å²) in [7, 11) is 1.57. The number of benzene rings is 2. The zero-order valence-electron chi connectivity index (χ0n) is 11.7. The fourth-order valence-corrected chi connectivity index (χ4v) is 3.33. The van der Waals surface area contributed by atoms with Crippen molar-refractivity contribution in [1.82, 2.24) is 0 Å². The Morgan fingerprint density at radius 2 is 2.10 bits per heavy atom. The Labute approximate surface area is 128 Å². The summed E-state index contributed by atoms with van der Waals surface area (Å²) < 4.78 is 5.46. The number of carbonyl (C=O) groups is 1. The minimum Gasteiger partial charge on any atom is -0.496 e. The van der Waals surface area contributed by atoms with E-state index in [1.165, 1.54) is 11.1 Å². The molecule has 0 saturated carbocycles. The number of para-hydroxylation sites is 1. The summed E-state index contributed by atoms with van der Waals surface area (Å²) in [6, 6.07) is 11.5.